The molecule has 3 rings (SSSR count). The van der Waals surface area contributed by atoms with Crippen LogP contribution in [0.4, 0.5) is 4.79 Å². The summed E-state index contributed by atoms with van der Waals surface area (Å²) in [5.74, 6) is -0.301. The van der Waals surface area contributed by atoms with Crippen LogP contribution < -0.4 is 5.32 Å². The van der Waals surface area contributed by atoms with Crippen molar-refractivity contribution in [3.63, 3.8) is 0 Å². The van der Waals surface area contributed by atoms with E-state index >= 15 is 0 Å². The summed E-state index contributed by atoms with van der Waals surface area (Å²) >= 11 is 0. The van der Waals surface area contributed by atoms with Gasteiger partial charge in [-0.15, -0.1) is 0 Å². The fourth-order valence-electron chi connectivity index (χ4n) is 4.16. The van der Waals surface area contributed by atoms with Crippen molar-refractivity contribution in [1.82, 2.24) is 14.5 Å². The van der Waals surface area contributed by atoms with E-state index in [1.807, 2.05) is 27.7 Å². The molecular formula is C23H35N3O5S. The van der Waals surface area contributed by atoms with Crippen molar-refractivity contribution in [1.29, 1.82) is 0 Å². The van der Waals surface area contributed by atoms with Crippen molar-refractivity contribution in [3.05, 3.63) is 29.8 Å². The molecule has 2 saturated heterocycles. The normalized spacial score (nSPS) is 21.2. The third kappa shape index (κ3) is 6.01. The minimum absolute atomic E-state index is 0.0404. The van der Waals surface area contributed by atoms with Crippen LogP contribution in [0, 0.1) is 0 Å². The lowest BCUT2D eigenvalue weighted by Crippen LogP contribution is -2.47. The monoisotopic (exact) mass is 465 g/mol. The summed E-state index contributed by atoms with van der Waals surface area (Å²) in [6.07, 6.45) is 3.63. The van der Waals surface area contributed by atoms with E-state index in [9.17, 15) is 18.0 Å². The number of likely N-dealkylation sites (tertiary alicyclic amines) is 1. The van der Waals surface area contributed by atoms with Crippen molar-refractivity contribution >= 4 is 22.0 Å². The predicted octanol–water partition coefficient (Wildman–Crippen LogP) is 3.38. The number of hydrogen-bond acceptors (Lipinski definition) is 5. The number of rotatable bonds is 4. The Hall–Kier alpha value is -2.13. The Morgan fingerprint density at radius 3 is 2.38 bits per heavy atom. The Labute approximate surface area is 191 Å². The largest absolute Gasteiger partial charge is 0.444 e. The van der Waals surface area contributed by atoms with Crippen LogP contribution >= 0.6 is 0 Å². The number of hydrogen-bond donors (Lipinski definition) is 1. The quantitative estimate of drug-likeness (QED) is 0.735. The highest BCUT2D eigenvalue weighted by atomic mass is 32.2. The molecule has 0 radical (unpaired) electrons. The lowest BCUT2D eigenvalue weighted by Gasteiger charge is -2.33. The van der Waals surface area contributed by atoms with E-state index in [0.29, 0.717) is 38.0 Å². The molecule has 2 heterocycles. The molecule has 0 aliphatic carbocycles. The van der Waals surface area contributed by atoms with Gasteiger partial charge in [0.2, 0.25) is 10.0 Å². The molecule has 9 heteroatoms. The molecular weight excluding hydrogens is 430 g/mol. The molecule has 32 heavy (non-hydrogen) atoms. The SMILES string of the molecule is CC1CCCCN1S(=O)(=O)c1cccc(C(=O)NC2CCN(C(=O)OC(C)(C)C)CC2)c1. The van der Waals surface area contributed by atoms with E-state index < -0.39 is 15.6 Å². The number of nitrogens with one attached hydrogen (secondary N) is 1. The first-order chi connectivity index (χ1) is 15.0. The topological polar surface area (TPSA) is 96.0 Å². The van der Waals surface area contributed by atoms with Crippen LogP contribution in [0.5, 0.6) is 0 Å². The minimum Gasteiger partial charge on any atom is -0.444 e. The Morgan fingerprint density at radius 1 is 1.06 bits per heavy atom. The summed E-state index contributed by atoms with van der Waals surface area (Å²) in [4.78, 5) is 26.8. The zero-order valence-electron chi connectivity index (χ0n) is 19.5. The van der Waals surface area contributed by atoms with Crippen LogP contribution in [-0.2, 0) is 14.8 Å². The second-order valence-electron chi connectivity index (χ2n) is 9.70. The van der Waals surface area contributed by atoms with Gasteiger partial charge in [-0.3, -0.25) is 4.79 Å². The number of piperidine rings is 2. The van der Waals surface area contributed by atoms with Crippen LogP contribution in [0.15, 0.2) is 29.2 Å². The zero-order valence-corrected chi connectivity index (χ0v) is 20.3. The second-order valence-corrected chi connectivity index (χ2v) is 11.6. The van der Waals surface area contributed by atoms with Crippen LogP contribution in [0.25, 0.3) is 0 Å². The fraction of sp³-hybridized carbons (Fsp3) is 0.652. The number of carbonyl (C=O) groups is 2. The predicted molar refractivity (Wildman–Crippen MR) is 122 cm³/mol. The molecule has 1 aromatic rings. The van der Waals surface area contributed by atoms with Gasteiger partial charge in [0.25, 0.3) is 5.91 Å². The molecule has 178 valence electrons. The molecule has 0 bridgehead atoms. The van der Waals surface area contributed by atoms with Gasteiger partial charge < -0.3 is 15.0 Å². The first kappa shape index (κ1) is 24.5. The van der Waals surface area contributed by atoms with Gasteiger partial charge in [-0.25, -0.2) is 13.2 Å². The summed E-state index contributed by atoms with van der Waals surface area (Å²) < 4.78 is 33.2. The first-order valence-electron chi connectivity index (χ1n) is 11.4. The molecule has 2 aliphatic heterocycles. The van der Waals surface area contributed by atoms with E-state index in [0.717, 1.165) is 19.3 Å². The van der Waals surface area contributed by atoms with E-state index in [2.05, 4.69) is 5.32 Å². The van der Waals surface area contributed by atoms with Crippen LogP contribution in [0.3, 0.4) is 0 Å². The van der Waals surface area contributed by atoms with Gasteiger partial charge >= 0.3 is 6.09 Å². The lowest BCUT2D eigenvalue weighted by atomic mass is 10.0. The number of ether oxygens (including phenoxy) is 1. The van der Waals surface area contributed by atoms with Crippen molar-refractivity contribution in [2.75, 3.05) is 19.6 Å². The highest BCUT2D eigenvalue weighted by molar-refractivity contribution is 7.89. The second kappa shape index (κ2) is 9.79. The van der Waals surface area contributed by atoms with Gasteiger partial charge in [-0.2, -0.15) is 4.31 Å². The number of benzene rings is 1. The average molecular weight is 466 g/mol. The summed E-state index contributed by atoms with van der Waals surface area (Å²) in [5, 5.41) is 2.98. The van der Waals surface area contributed by atoms with E-state index in [1.54, 1.807) is 27.4 Å². The maximum atomic E-state index is 13.1. The van der Waals surface area contributed by atoms with Crippen molar-refractivity contribution in [2.45, 2.75) is 82.4 Å². The number of carbonyl (C=O) groups excluding carboxylic acids is 2. The molecule has 2 amide bonds. The van der Waals surface area contributed by atoms with Crippen molar-refractivity contribution in [2.24, 2.45) is 0 Å². The Balaban J connectivity index is 1.60. The van der Waals surface area contributed by atoms with Crippen molar-refractivity contribution in [3.8, 4) is 0 Å². The molecule has 2 aliphatic rings. The number of nitrogens with zero attached hydrogens (tertiary/aromatic N) is 2. The molecule has 8 nitrogen and oxygen atoms in total. The maximum Gasteiger partial charge on any atom is 0.410 e. The molecule has 1 atom stereocenters. The van der Waals surface area contributed by atoms with Crippen LogP contribution in [0.2, 0.25) is 0 Å². The molecule has 2 fully saturated rings. The highest BCUT2D eigenvalue weighted by Crippen LogP contribution is 2.25. The Bertz CT molecular complexity index is 933. The fourth-order valence-corrected chi connectivity index (χ4v) is 5.91. The number of amides is 2. The van der Waals surface area contributed by atoms with Gasteiger partial charge in [-0.1, -0.05) is 12.5 Å². The number of sulfonamides is 1. The third-order valence-corrected chi connectivity index (χ3v) is 7.94. The Kier molecular flexibility index (Phi) is 7.50. The smallest absolute Gasteiger partial charge is 0.410 e. The maximum absolute atomic E-state index is 13.1. The molecule has 1 unspecified atom stereocenters. The first-order valence-corrected chi connectivity index (χ1v) is 12.8. The molecule has 0 aromatic heterocycles. The molecule has 0 saturated carbocycles. The van der Waals surface area contributed by atoms with E-state index in [1.165, 1.54) is 6.07 Å². The minimum atomic E-state index is -3.64. The van der Waals surface area contributed by atoms with Gasteiger partial charge in [0.1, 0.15) is 5.60 Å². The lowest BCUT2D eigenvalue weighted by molar-refractivity contribution is 0.0199. The van der Waals surface area contributed by atoms with E-state index in [-0.39, 0.29) is 29.0 Å². The summed E-state index contributed by atoms with van der Waals surface area (Å²) in [5.41, 5.74) is -0.218. The summed E-state index contributed by atoms with van der Waals surface area (Å²) in [6.45, 7) is 8.93. The van der Waals surface area contributed by atoms with Gasteiger partial charge in [0.05, 0.1) is 4.90 Å². The summed E-state index contributed by atoms with van der Waals surface area (Å²) in [7, 11) is -3.64. The van der Waals surface area contributed by atoms with Gasteiger partial charge in [-0.05, 0) is 71.6 Å². The Morgan fingerprint density at radius 2 is 1.75 bits per heavy atom. The van der Waals surface area contributed by atoms with E-state index in [4.69, 9.17) is 4.74 Å². The van der Waals surface area contributed by atoms with Gasteiger partial charge in [0, 0.05) is 37.3 Å². The molecule has 1 N–H and O–H groups in total. The molecule has 1 aromatic carbocycles. The van der Waals surface area contributed by atoms with Gasteiger partial charge in [0.15, 0.2) is 0 Å². The standard InChI is InChI=1S/C23H35N3O5S/c1-17-8-5-6-13-26(17)32(29,30)20-10-7-9-18(16-20)21(27)24-19-11-14-25(15-12-19)22(28)31-23(2,3)4/h7,9-10,16-17,19H,5-6,8,11-15H2,1-4H3,(H,24,27). The highest BCUT2D eigenvalue weighted by Gasteiger charge is 2.32. The van der Waals surface area contributed by atoms with Crippen molar-refractivity contribution < 1.29 is 22.7 Å². The molecule has 0 spiro atoms. The van der Waals surface area contributed by atoms with Crippen LogP contribution in [0.1, 0.15) is 70.2 Å². The average Bonchev–Trinajstić information content (AvgIpc) is 2.73. The zero-order chi connectivity index (χ0) is 23.5. The summed E-state index contributed by atoms with van der Waals surface area (Å²) in [6, 6.07) is 6.13. The third-order valence-electron chi connectivity index (χ3n) is 5.93. The van der Waals surface area contributed by atoms with Crippen LogP contribution in [-0.4, -0.2) is 66.9 Å².